The van der Waals surface area contributed by atoms with Gasteiger partial charge in [-0.25, -0.2) is 87.8 Å². The van der Waals surface area contributed by atoms with E-state index in [9.17, 15) is 52.7 Å². The fourth-order valence-corrected chi connectivity index (χ4v) is 11.8. The minimum absolute atomic E-state index is 0. The van der Waals surface area contributed by atoms with Gasteiger partial charge in [-0.2, -0.15) is 5.92 Å². The van der Waals surface area contributed by atoms with Gasteiger partial charge in [-0.05, 0) is 23.3 Å². The molecule has 0 spiro atoms. The van der Waals surface area contributed by atoms with E-state index in [0.29, 0.717) is 0 Å². The summed E-state index contributed by atoms with van der Waals surface area (Å²) < 4.78 is 294. The van der Waals surface area contributed by atoms with Crippen LogP contribution in [0.25, 0.3) is 4.98 Å². The number of rotatable bonds is 6. The molecular weight excluding hydrogens is 949 g/mol. The fraction of sp³-hybridized carbons (Fsp3) is 0.231. The van der Waals surface area contributed by atoms with Crippen LogP contribution < -0.4 is 21.9 Å². The molecule has 338 valence electrons. The first kappa shape index (κ1) is 53.8. The molecule has 0 aromatic heterocycles. The third-order valence-corrected chi connectivity index (χ3v) is 13.4. The van der Waals surface area contributed by atoms with Gasteiger partial charge in [0.25, 0.3) is 0 Å². The van der Waals surface area contributed by atoms with Crippen LogP contribution in [0.4, 0.5) is 87.8 Å². The van der Waals surface area contributed by atoms with Gasteiger partial charge in [-0.15, -0.1) is 27.4 Å². The predicted octanol–water partition coefficient (Wildman–Crippen LogP) is 10.5. The summed E-state index contributed by atoms with van der Waals surface area (Å²) >= 11 is 0. The van der Waals surface area contributed by atoms with Crippen molar-refractivity contribution in [1.29, 1.82) is 0 Å². The van der Waals surface area contributed by atoms with Crippen LogP contribution in [0.1, 0.15) is 41.5 Å². The Balaban J connectivity index is 0.000000493. The molecule has 0 atom stereocenters. The molecular formula is C39H26BF20NSiTi. The average Bonchev–Trinajstić information content (AvgIpc) is 3.38. The number of halogens is 20. The second-order valence-corrected chi connectivity index (χ2v) is 19.2. The first-order valence-corrected chi connectivity index (χ1v) is 20.2. The summed E-state index contributed by atoms with van der Waals surface area (Å²) in [5.41, 5.74) is -12.8. The molecule has 4 aromatic rings. The molecule has 5 rings (SSSR count). The molecule has 1 aliphatic carbocycles. The van der Waals surface area contributed by atoms with E-state index >= 15 is 35.1 Å². The quantitative estimate of drug-likeness (QED) is 0.0601. The summed E-state index contributed by atoms with van der Waals surface area (Å²) in [4.78, 5) is 5.10. The van der Waals surface area contributed by atoms with E-state index in [1.54, 1.807) is 0 Å². The molecule has 0 unspecified atom stereocenters. The summed E-state index contributed by atoms with van der Waals surface area (Å²) in [6.45, 7) is 22.0. The normalized spacial score (nSPS) is 15.0. The van der Waals surface area contributed by atoms with Gasteiger partial charge >= 0.3 is 21.7 Å². The predicted molar refractivity (Wildman–Crippen MR) is 188 cm³/mol. The topological polar surface area (TPSA) is 14.1 Å². The third-order valence-electron chi connectivity index (χ3n) is 10.2. The van der Waals surface area contributed by atoms with Gasteiger partial charge in [-0.3, -0.25) is 0 Å². The monoisotopic (exact) mass is 975 g/mol. The summed E-state index contributed by atoms with van der Waals surface area (Å²) in [6.07, 6.45) is -7.22. The van der Waals surface area contributed by atoms with Crippen LogP contribution in [-0.4, -0.2) is 19.9 Å². The molecule has 63 heavy (non-hydrogen) atoms. The van der Waals surface area contributed by atoms with Crippen LogP contribution in [0, 0.1) is 152 Å². The van der Waals surface area contributed by atoms with Gasteiger partial charge in [0, 0.05) is 0 Å². The maximum Gasteiger partial charge on any atom is 3.00 e. The second kappa shape index (κ2) is 18.4. The zero-order valence-corrected chi connectivity index (χ0v) is 35.9. The first-order chi connectivity index (χ1) is 28.2. The maximum absolute atomic E-state index is 15.4. The van der Waals surface area contributed by atoms with Crippen molar-refractivity contribution >= 4 is 36.2 Å². The van der Waals surface area contributed by atoms with E-state index in [1.165, 1.54) is 29.2 Å². The van der Waals surface area contributed by atoms with Crippen LogP contribution in [0.3, 0.4) is 0 Å². The van der Waals surface area contributed by atoms with Crippen molar-refractivity contribution in [2.24, 2.45) is 0 Å². The number of benzene rings is 4. The van der Waals surface area contributed by atoms with Crippen molar-refractivity contribution in [1.82, 2.24) is 0 Å². The SMILES string of the molecule is Fc1c(F)c(F)c([B-](c2c(F)c(F)c(F)c(F)c2F)(c2c(F)c(F)c(F)c(F)c2F)c2c(F)c(F)c(F)c(F)c2F)c(F)c1F.[CH2-][C]1[C](C)[C](C)[C]([Si](C)(C)[N-]C(C)(C)C)[C]1C.[Ti+3]. The molecule has 1 saturated carbocycles. The fourth-order valence-electron chi connectivity index (χ4n) is 7.81. The molecule has 1 aliphatic rings. The van der Waals surface area contributed by atoms with E-state index in [1.807, 2.05) is 0 Å². The minimum Gasteiger partial charge on any atom is -0.659 e. The van der Waals surface area contributed by atoms with Crippen LogP contribution in [-0.2, 0) is 21.7 Å². The minimum atomic E-state index is -7.22. The van der Waals surface area contributed by atoms with Gasteiger partial charge in [0.2, 0.25) is 0 Å². The van der Waals surface area contributed by atoms with E-state index in [-0.39, 0.29) is 27.3 Å². The maximum atomic E-state index is 15.4. The van der Waals surface area contributed by atoms with Crippen molar-refractivity contribution in [3.05, 3.63) is 157 Å². The molecule has 0 saturated heterocycles. The molecule has 4 aromatic carbocycles. The van der Waals surface area contributed by atoms with Crippen molar-refractivity contribution in [2.45, 2.75) is 60.2 Å². The zero-order chi connectivity index (χ0) is 48.0. The summed E-state index contributed by atoms with van der Waals surface area (Å²) in [5.74, 6) is -66.1. The molecule has 1 fully saturated rings. The van der Waals surface area contributed by atoms with E-state index < -0.39 is 153 Å². The average molecular weight is 975 g/mol. The summed E-state index contributed by atoms with van der Waals surface area (Å²) in [5, 5.41) is 0. The number of nitrogens with zero attached hydrogens (tertiary/aromatic N) is 1. The van der Waals surface area contributed by atoms with E-state index in [4.69, 9.17) is 4.98 Å². The van der Waals surface area contributed by atoms with Crippen LogP contribution >= 0.6 is 0 Å². The van der Waals surface area contributed by atoms with Crippen LogP contribution in [0.15, 0.2) is 0 Å². The Labute approximate surface area is 362 Å². The van der Waals surface area contributed by atoms with Crippen molar-refractivity contribution in [3.63, 3.8) is 0 Å². The van der Waals surface area contributed by atoms with Gasteiger partial charge in [-0.1, -0.05) is 62.9 Å². The summed E-state index contributed by atoms with van der Waals surface area (Å²) in [7, 11) is -1.73. The molecule has 1 nitrogen and oxygen atoms in total. The van der Waals surface area contributed by atoms with Gasteiger partial charge in [0.15, 0.2) is 69.8 Å². The van der Waals surface area contributed by atoms with Gasteiger partial charge < -0.3 is 11.9 Å². The molecule has 0 bridgehead atoms. The number of hydrogen-bond acceptors (Lipinski definition) is 0. The molecule has 0 heterocycles. The molecule has 6 radical (unpaired) electrons. The van der Waals surface area contributed by atoms with Crippen molar-refractivity contribution in [3.8, 4) is 0 Å². The van der Waals surface area contributed by atoms with Gasteiger partial charge in [0.1, 0.15) is 52.7 Å². The van der Waals surface area contributed by atoms with E-state index in [0.717, 1.165) is 0 Å². The van der Waals surface area contributed by atoms with Crippen molar-refractivity contribution < 1.29 is 110 Å². The van der Waals surface area contributed by atoms with Crippen LogP contribution in [0.2, 0.25) is 13.1 Å². The Morgan fingerprint density at radius 1 is 0.365 bits per heavy atom. The molecule has 0 amide bonds. The van der Waals surface area contributed by atoms with Crippen molar-refractivity contribution in [2.75, 3.05) is 0 Å². The second-order valence-electron chi connectivity index (χ2n) is 15.4. The Morgan fingerprint density at radius 3 is 0.714 bits per heavy atom. The van der Waals surface area contributed by atoms with Crippen LogP contribution in [0.5, 0.6) is 0 Å². The Hall–Kier alpha value is -3.56. The third kappa shape index (κ3) is 8.45. The Kier molecular flexibility index (Phi) is 15.7. The molecule has 0 N–H and O–H groups in total. The Morgan fingerprint density at radius 2 is 0.556 bits per heavy atom. The Bertz CT molecular complexity index is 2060. The van der Waals surface area contributed by atoms with E-state index in [2.05, 4.69) is 61.6 Å². The standard InChI is InChI=1S/C24BF20.C15H26NSi.Ti/c26-5-1(6(27)14(35)21(42)13(5)34)25(2-7(28)15(36)22(43)16(37)8(2)29,3-9(30)17(38)23(44)18(39)10(3)31)4-11(32)19(40)24(45)20(41)12(4)33;1-10-11(2)13(4)14(12(10)3)17(8,9)16-15(5,6)7;/h;1H2,2-9H3;/q-1;-2;+3. The largest absolute Gasteiger partial charge is 3.00 e. The summed E-state index contributed by atoms with van der Waals surface area (Å²) in [6, 6.07) is 0. The zero-order valence-electron chi connectivity index (χ0n) is 33.3. The molecule has 24 heteroatoms. The first-order valence-electron chi connectivity index (χ1n) is 17.2. The molecule has 0 aliphatic heterocycles. The number of hydrogen-bond donors (Lipinski definition) is 0. The smallest absolute Gasteiger partial charge is 0.659 e. The van der Waals surface area contributed by atoms with Gasteiger partial charge in [0.05, 0.1) is 0 Å².